The highest BCUT2D eigenvalue weighted by Crippen LogP contribution is 2.44. The van der Waals surface area contributed by atoms with Crippen LogP contribution in [0.25, 0.3) is 150 Å². The molecule has 7 heteroatoms. The zero-order valence-corrected chi connectivity index (χ0v) is 40.8. The molecule has 0 aliphatic heterocycles. The highest BCUT2D eigenvalue weighted by Gasteiger charge is 2.25. The van der Waals surface area contributed by atoms with Crippen LogP contribution in [-0.4, -0.2) is 28.7 Å². The van der Waals surface area contributed by atoms with Gasteiger partial charge in [-0.05, 0) is 107 Å². The monoisotopic (exact) mass is 970 g/mol. The Morgan fingerprint density at radius 2 is 0.711 bits per heavy atom. The third kappa shape index (κ3) is 6.33. The molecule has 0 saturated heterocycles. The Morgan fingerprint density at radius 3 is 1.29 bits per heavy atom. The average molecular weight is 971 g/mol. The van der Waals surface area contributed by atoms with Crippen molar-refractivity contribution in [1.29, 1.82) is 0 Å². The minimum absolute atomic E-state index is 0.512. The number of benzene rings is 11. The molecule has 16 rings (SSSR count). The summed E-state index contributed by atoms with van der Waals surface area (Å²) in [6.07, 6.45) is 0. The van der Waals surface area contributed by atoms with Gasteiger partial charge in [0.2, 0.25) is 5.95 Å². The molecule has 0 saturated carbocycles. The van der Waals surface area contributed by atoms with E-state index in [9.17, 15) is 0 Å². The van der Waals surface area contributed by atoms with Crippen molar-refractivity contribution in [1.82, 2.24) is 28.7 Å². The van der Waals surface area contributed by atoms with Crippen molar-refractivity contribution < 1.29 is 4.42 Å². The van der Waals surface area contributed by atoms with Gasteiger partial charge in [0.25, 0.3) is 0 Å². The van der Waals surface area contributed by atoms with Crippen molar-refractivity contribution in [3.05, 3.63) is 255 Å². The maximum Gasteiger partial charge on any atom is 0.238 e. The molecule has 354 valence electrons. The lowest BCUT2D eigenvalue weighted by atomic mass is 10.0. The van der Waals surface area contributed by atoms with Crippen LogP contribution in [0.3, 0.4) is 0 Å². The fraction of sp³-hybridized carbons (Fsp3) is 0. The van der Waals surface area contributed by atoms with E-state index in [1.807, 2.05) is 12.1 Å². The standard InChI is InChI=1S/C69H42N6O/c1-3-19-43(20-4-1)45-35-38-61-54(41-45)55-42-46(44-21-5-2-6-22-44)36-39-62(55)75(61)69-71-67(52-27-10-16-32-59(52)73-56-29-13-7-23-47(56)48-24-8-14-30-57(48)73)70-68(72-69)53-28-11-17-33-60(53)74-58-31-15-9-26-51(58)65-63(74)40-37-50-49-25-12-18-34-64(49)76-66(50)65/h1-42H. The third-order valence-electron chi connectivity index (χ3n) is 15.3. The predicted molar refractivity (Wildman–Crippen MR) is 312 cm³/mol. The summed E-state index contributed by atoms with van der Waals surface area (Å²) in [5.41, 5.74) is 16.2. The summed E-state index contributed by atoms with van der Waals surface area (Å²) in [7, 11) is 0. The van der Waals surface area contributed by atoms with E-state index in [0.29, 0.717) is 17.6 Å². The summed E-state index contributed by atoms with van der Waals surface area (Å²) in [5.74, 6) is 1.61. The van der Waals surface area contributed by atoms with Crippen LogP contribution in [0.5, 0.6) is 0 Å². The molecule has 16 aromatic rings. The van der Waals surface area contributed by atoms with Crippen molar-refractivity contribution in [2.75, 3.05) is 0 Å². The first kappa shape index (κ1) is 42.2. The second kappa shape index (κ2) is 16.6. The number of fused-ring (bicyclic) bond motifs is 13. The number of para-hydroxylation sites is 6. The summed E-state index contributed by atoms with van der Waals surface area (Å²) in [4.78, 5) is 16.9. The Kier molecular flexibility index (Phi) is 9.20. The molecule has 0 aliphatic rings. The molecule has 0 aliphatic carbocycles. The number of nitrogens with zero attached hydrogens (tertiary/aromatic N) is 6. The predicted octanol–water partition coefficient (Wildman–Crippen LogP) is 17.7. The zero-order valence-electron chi connectivity index (χ0n) is 40.8. The normalized spacial score (nSPS) is 11.9. The van der Waals surface area contributed by atoms with Crippen LogP contribution >= 0.6 is 0 Å². The van der Waals surface area contributed by atoms with Gasteiger partial charge < -0.3 is 13.6 Å². The van der Waals surface area contributed by atoms with Crippen molar-refractivity contribution in [3.63, 3.8) is 0 Å². The number of hydrogen-bond donors (Lipinski definition) is 0. The van der Waals surface area contributed by atoms with Gasteiger partial charge in [-0.15, -0.1) is 0 Å². The third-order valence-corrected chi connectivity index (χ3v) is 15.3. The summed E-state index contributed by atoms with van der Waals surface area (Å²) >= 11 is 0. The lowest BCUT2D eigenvalue weighted by Crippen LogP contribution is -2.09. The molecule has 11 aromatic carbocycles. The maximum absolute atomic E-state index is 6.74. The van der Waals surface area contributed by atoms with Crippen molar-refractivity contribution in [3.8, 4) is 62.4 Å². The molecule has 7 nitrogen and oxygen atoms in total. The minimum Gasteiger partial charge on any atom is -0.455 e. The number of hydrogen-bond acceptors (Lipinski definition) is 4. The molecule has 0 spiro atoms. The number of aromatic nitrogens is 6. The van der Waals surface area contributed by atoms with Gasteiger partial charge in [0.1, 0.15) is 11.2 Å². The van der Waals surface area contributed by atoms with E-state index < -0.39 is 0 Å². The summed E-state index contributed by atoms with van der Waals surface area (Å²) < 4.78 is 13.7. The molecular weight excluding hydrogens is 929 g/mol. The van der Waals surface area contributed by atoms with Crippen LogP contribution in [0.15, 0.2) is 259 Å². The van der Waals surface area contributed by atoms with Crippen LogP contribution in [0.4, 0.5) is 0 Å². The van der Waals surface area contributed by atoms with E-state index in [0.717, 1.165) is 121 Å². The van der Waals surface area contributed by atoms with Crippen molar-refractivity contribution >= 4 is 87.4 Å². The lowest BCUT2D eigenvalue weighted by Gasteiger charge is -2.17. The SMILES string of the molecule is c1ccc(-c2ccc3c(c2)c2cc(-c4ccccc4)ccc2n3-c2nc(-c3ccccc3-n3c4ccccc4c4ccccc43)nc(-c3ccccc3-n3c4ccccc4c4c5oc6ccccc6c5ccc43)n2)cc1. The first-order valence-electron chi connectivity index (χ1n) is 25.7. The Labute approximate surface area is 435 Å². The zero-order chi connectivity index (χ0) is 49.8. The van der Waals surface area contributed by atoms with Crippen LogP contribution in [0.2, 0.25) is 0 Å². The molecule has 5 heterocycles. The number of rotatable bonds is 7. The Morgan fingerprint density at radius 1 is 0.276 bits per heavy atom. The highest BCUT2D eigenvalue weighted by molar-refractivity contribution is 6.24. The quantitative estimate of drug-likeness (QED) is 0.160. The molecular formula is C69H42N6O. The molecule has 5 aromatic heterocycles. The smallest absolute Gasteiger partial charge is 0.238 e. The van der Waals surface area contributed by atoms with Crippen molar-refractivity contribution in [2.45, 2.75) is 0 Å². The first-order valence-corrected chi connectivity index (χ1v) is 25.7. The highest BCUT2D eigenvalue weighted by atomic mass is 16.3. The summed E-state index contributed by atoms with van der Waals surface area (Å²) in [5, 5.41) is 8.92. The fourth-order valence-corrected chi connectivity index (χ4v) is 12.0. The van der Waals surface area contributed by atoms with E-state index in [4.69, 9.17) is 19.4 Å². The maximum atomic E-state index is 6.74. The molecule has 76 heavy (non-hydrogen) atoms. The Bertz CT molecular complexity index is 4850. The van der Waals surface area contributed by atoms with Gasteiger partial charge in [-0.3, -0.25) is 4.57 Å². The molecule has 0 unspecified atom stereocenters. The molecule has 0 radical (unpaired) electrons. The van der Waals surface area contributed by atoms with E-state index in [2.05, 4.69) is 256 Å². The van der Waals surface area contributed by atoms with E-state index in [1.54, 1.807) is 0 Å². The average Bonchev–Trinajstić information content (AvgIpc) is 4.41. The van der Waals surface area contributed by atoms with Gasteiger partial charge >= 0.3 is 0 Å². The topological polar surface area (TPSA) is 66.6 Å². The van der Waals surface area contributed by atoms with E-state index in [1.165, 1.54) is 10.8 Å². The first-order chi connectivity index (χ1) is 37.7. The van der Waals surface area contributed by atoms with Crippen LogP contribution in [0.1, 0.15) is 0 Å². The fourth-order valence-electron chi connectivity index (χ4n) is 12.0. The van der Waals surface area contributed by atoms with Crippen LogP contribution in [0, 0.1) is 0 Å². The van der Waals surface area contributed by atoms with Gasteiger partial charge in [-0.1, -0.05) is 170 Å². The molecule has 0 amide bonds. The number of furan rings is 1. The lowest BCUT2D eigenvalue weighted by molar-refractivity contribution is 0.673. The van der Waals surface area contributed by atoms with E-state index >= 15 is 0 Å². The van der Waals surface area contributed by atoms with Gasteiger partial charge in [0.05, 0.1) is 49.9 Å². The molecule has 0 N–H and O–H groups in total. The summed E-state index contributed by atoms with van der Waals surface area (Å²) in [6.45, 7) is 0. The molecule has 0 fully saturated rings. The van der Waals surface area contributed by atoms with Crippen LogP contribution < -0.4 is 0 Å². The van der Waals surface area contributed by atoms with Gasteiger partial charge in [-0.2, -0.15) is 9.97 Å². The summed E-state index contributed by atoms with van der Waals surface area (Å²) in [6, 6.07) is 90.2. The van der Waals surface area contributed by atoms with Gasteiger partial charge in [0.15, 0.2) is 11.6 Å². The second-order valence-electron chi connectivity index (χ2n) is 19.5. The second-order valence-corrected chi connectivity index (χ2v) is 19.5. The van der Waals surface area contributed by atoms with Crippen LogP contribution in [-0.2, 0) is 0 Å². The van der Waals surface area contributed by atoms with Crippen molar-refractivity contribution in [2.24, 2.45) is 0 Å². The van der Waals surface area contributed by atoms with Gasteiger partial charge in [0, 0.05) is 48.8 Å². The molecule has 0 atom stereocenters. The minimum atomic E-state index is 0.512. The van der Waals surface area contributed by atoms with E-state index in [-0.39, 0.29) is 0 Å². The largest absolute Gasteiger partial charge is 0.455 e. The van der Waals surface area contributed by atoms with Gasteiger partial charge in [-0.25, -0.2) is 4.98 Å². The Balaban J connectivity index is 0.993. The Hall–Kier alpha value is -10.4. The molecule has 0 bridgehead atoms.